The Hall–Kier alpha value is -3.23. The highest BCUT2D eigenvalue weighted by atomic mass is 19.4. The highest BCUT2D eigenvalue weighted by Gasteiger charge is 2.37. The molecule has 0 saturated carbocycles. The first kappa shape index (κ1) is 18.1. The van der Waals surface area contributed by atoms with Crippen molar-refractivity contribution < 1.29 is 22.9 Å². The number of nitro benzene ring substituents is 1. The van der Waals surface area contributed by atoms with Crippen molar-refractivity contribution in [3.63, 3.8) is 0 Å². The molecule has 0 aliphatic rings. The first-order valence-electron chi connectivity index (χ1n) is 6.95. The maximum atomic E-state index is 13.2. The second-order valence-corrected chi connectivity index (χ2v) is 5.07. The third kappa shape index (κ3) is 4.63. The maximum Gasteiger partial charge on any atom is 0.435 e. The van der Waals surface area contributed by atoms with Gasteiger partial charge in [0.05, 0.1) is 4.92 Å². The fourth-order valence-electron chi connectivity index (χ4n) is 1.93. The summed E-state index contributed by atoms with van der Waals surface area (Å²) in [6, 6.07) is 10.0. The highest BCUT2D eigenvalue weighted by molar-refractivity contribution is 6.05. The minimum absolute atomic E-state index is 0.177. The zero-order chi connectivity index (χ0) is 18.6. The summed E-state index contributed by atoms with van der Waals surface area (Å²) in [5.74, 6) is -0.988. The molecule has 0 unspecified atom stereocenters. The molecule has 0 bridgehead atoms. The number of alkyl halides is 3. The Morgan fingerprint density at radius 2 is 1.76 bits per heavy atom. The molecule has 1 N–H and O–H groups in total. The lowest BCUT2D eigenvalue weighted by Gasteiger charge is -2.11. The second-order valence-electron chi connectivity index (χ2n) is 5.07. The zero-order valence-electron chi connectivity index (χ0n) is 12.9. The number of hydrazone groups is 1. The van der Waals surface area contributed by atoms with Crippen LogP contribution in [-0.2, 0) is 0 Å². The predicted molar refractivity (Wildman–Crippen MR) is 84.3 cm³/mol. The van der Waals surface area contributed by atoms with Gasteiger partial charge in [-0.15, -0.1) is 0 Å². The third-order valence-corrected chi connectivity index (χ3v) is 3.18. The lowest BCUT2D eigenvalue weighted by atomic mass is 10.1. The van der Waals surface area contributed by atoms with Gasteiger partial charge in [0.15, 0.2) is 5.71 Å². The Morgan fingerprint density at radius 1 is 1.12 bits per heavy atom. The fraction of sp³-hybridized carbons (Fsp3) is 0.125. The fourth-order valence-corrected chi connectivity index (χ4v) is 1.93. The van der Waals surface area contributed by atoms with Crippen molar-refractivity contribution in [3.05, 3.63) is 75.3 Å². The molecule has 2 aromatic rings. The summed E-state index contributed by atoms with van der Waals surface area (Å²) in [5.41, 5.74) is 0.545. The largest absolute Gasteiger partial charge is 0.435 e. The number of aryl methyl sites for hydroxylation is 1. The molecule has 1 amide bonds. The van der Waals surface area contributed by atoms with E-state index in [2.05, 4.69) is 5.10 Å². The van der Waals surface area contributed by atoms with Crippen molar-refractivity contribution in [2.45, 2.75) is 13.1 Å². The average molecular weight is 351 g/mol. The van der Waals surface area contributed by atoms with Crippen molar-refractivity contribution in [2.75, 3.05) is 0 Å². The molecule has 2 rings (SSSR count). The summed E-state index contributed by atoms with van der Waals surface area (Å²) in [7, 11) is 0. The van der Waals surface area contributed by atoms with E-state index >= 15 is 0 Å². The number of carbonyl (C=O) groups is 1. The second kappa shape index (κ2) is 7.12. The monoisotopic (exact) mass is 351 g/mol. The number of rotatable bonds is 4. The van der Waals surface area contributed by atoms with E-state index in [-0.39, 0.29) is 16.8 Å². The van der Waals surface area contributed by atoms with E-state index in [0.717, 1.165) is 17.7 Å². The molecule has 130 valence electrons. The van der Waals surface area contributed by atoms with E-state index in [0.29, 0.717) is 0 Å². The number of non-ortho nitro benzene ring substituents is 1. The van der Waals surface area contributed by atoms with Crippen molar-refractivity contribution in [1.82, 2.24) is 5.43 Å². The molecule has 0 radical (unpaired) electrons. The Morgan fingerprint density at radius 3 is 2.32 bits per heavy atom. The van der Waals surface area contributed by atoms with Gasteiger partial charge in [0.2, 0.25) is 0 Å². The highest BCUT2D eigenvalue weighted by Crippen LogP contribution is 2.23. The molecule has 0 heterocycles. The molecule has 2 aromatic carbocycles. The summed E-state index contributed by atoms with van der Waals surface area (Å²) in [5, 5.41) is 13.9. The van der Waals surface area contributed by atoms with Gasteiger partial charge in [0.25, 0.3) is 11.6 Å². The first-order valence-corrected chi connectivity index (χ1v) is 6.95. The van der Waals surface area contributed by atoms with Crippen LogP contribution >= 0.6 is 0 Å². The van der Waals surface area contributed by atoms with Crippen molar-refractivity contribution >= 4 is 17.3 Å². The van der Waals surface area contributed by atoms with E-state index < -0.39 is 22.7 Å². The van der Waals surface area contributed by atoms with E-state index in [1.165, 1.54) is 36.4 Å². The quantitative estimate of drug-likeness (QED) is 0.519. The van der Waals surface area contributed by atoms with Crippen LogP contribution in [0.25, 0.3) is 0 Å². The molecular weight excluding hydrogens is 339 g/mol. The van der Waals surface area contributed by atoms with Gasteiger partial charge >= 0.3 is 6.18 Å². The Kier molecular flexibility index (Phi) is 5.16. The number of halogens is 3. The SMILES string of the molecule is Cc1ccc(/C(=N\NC(=O)c2cccc([N+](=O)[O-])c2)C(F)(F)F)cc1. The molecule has 0 atom stereocenters. The number of hydrogen-bond acceptors (Lipinski definition) is 4. The van der Waals surface area contributed by atoms with Crippen LogP contribution in [0.2, 0.25) is 0 Å². The van der Waals surface area contributed by atoms with Gasteiger partial charge in [0, 0.05) is 23.3 Å². The number of hydrogen-bond donors (Lipinski definition) is 1. The zero-order valence-corrected chi connectivity index (χ0v) is 12.9. The summed E-state index contributed by atoms with van der Waals surface area (Å²) in [6.45, 7) is 1.72. The molecular formula is C16H12F3N3O3. The summed E-state index contributed by atoms with van der Waals surface area (Å²) in [4.78, 5) is 21.9. The van der Waals surface area contributed by atoms with Crippen LogP contribution < -0.4 is 5.43 Å². The van der Waals surface area contributed by atoms with Crippen molar-refractivity contribution in [2.24, 2.45) is 5.10 Å². The van der Waals surface area contributed by atoms with E-state index in [1.54, 1.807) is 12.3 Å². The molecule has 0 aliphatic carbocycles. The van der Waals surface area contributed by atoms with Crippen LogP contribution in [-0.4, -0.2) is 22.7 Å². The van der Waals surface area contributed by atoms with Crippen LogP contribution in [0.3, 0.4) is 0 Å². The lowest BCUT2D eigenvalue weighted by molar-refractivity contribution is -0.384. The topological polar surface area (TPSA) is 84.6 Å². The molecule has 0 aliphatic heterocycles. The molecule has 0 aromatic heterocycles. The molecule has 9 heteroatoms. The summed E-state index contributed by atoms with van der Waals surface area (Å²) >= 11 is 0. The number of benzene rings is 2. The molecule has 0 fully saturated rings. The summed E-state index contributed by atoms with van der Waals surface area (Å²) in [6.07, 6.45) is -4.79. The number of amides is 1. The van der Waals surface area contributed by atoms with Gasteiger partial charge in [-0.2, -0.15) is 18.3 Å². The standard InChI is InChI=1S/C16H12F3N3O3/c1-10-5-7-11(8-6-10)14(16(17,18)19)20-21-15(23)12-3-2-4-13(9-12)22(24)25/h2-9H,1H3,(H,21,23)/b20-14+. The van der Waals surface area contributed by atoms with Gasteiger partial charge in [-0.25, -0.2) is 5.43 Å². The van der Waals surface area contributed by atoms with Crippen LogP contribution in [0.1, 0.15) is 21.5 Å². The average Bonchev–Trinajstić information content (AvgIpc) is 2.55. The maximum absolute atomic E-state index is 13.2. The van der Waals surface area contributed by atoms with Gasteiger partial charge in [0.1, 0.15) is 0 Å². The van der Waals surface area contributed by atoms with Crippen molar-refractivity contribution in [3.8, 4) is 0 Å². The predicted octanol–water partition coefficient (Wildman–Crippen LogP) is 3.60. The lowest BCUT2D eigenvalue weighted by Crippen LogP contribution is -2.29. The molecule has 0 spiro atoms. The Bertz CT molecular complexity index is 831. The van der Waals surface area contributed by atoms with E-state index in [1.807, 2.05) is 0 Å². The Balaban J connectivity index is 2.29. The van der Waals surface area contributed by atoms with Gasteiger partial charge in [-0.1, -0.05) is 35.9 Å². The van der Waals surface area contributed by atoms with Gasteiger partial charge < -0.3 is 0 Å². The number of carbonyl (C=O) groups excluding carboxylic acids is 1. The number of nitro groups is 1. The first-order chi connectivity index (χ1) is 11.7. The van der Waals surface area contributed by atoms with Crippen LogP contribution in [0.4, 0.5) is 18.9 Å². The molecule has 6 nitrogen and oxygen atoms in total. The Labute approximate surface area is 140 Å². The molecule has 25 heavy (non-hydrogen) atoms. The number of nitrogens with one attached hydrogen (secondary N) is 1. The smallest absolute Gasteiger partial charge is 0.267 e. The van der Waals surface area contributed by atoms with Gasteiger partial charge in [-0.3, -0.25) is 14.9 Å². The summed E-state index contributed by atoms with van der Waals surface area (Å²) < 4.78 is 39.5. The van der Waals surface area contributed by atoms with Crippen molar-refractivity contribution in [1.29, 1.82) is 0 Å². The molecule has 0 saturated heterocycles. The van der Waals surface area contributed by atoms with Crippen LogP contribution in [0, 0.1) is 17.0 Å². The number of nitrogens with zero attached hydrogens (tertiary/aromatic N) is 2. The van der Waals surface area contributed by atoms with Gasteiger partial charge in [-0.05, 0) is 13.0 Å². The van der Waals surface area contributed by atoms with E-state index in [4.69, 9.17) is 0 Å². The van der Waals surface area contributed by atoms with Crippen LogP contribution in [0.5, 0.6) is 0 Å². The van der Waals surface area contributed by atoms with E-state index in [9.17, 15) is 28.1 Å². The minimum atomic E-state index is -4.79. The normalized spacial score (nSPS) is 11.9. The minimum Gasteiger partial charge on any atom is -0.267 e. The van der Waals surface area contributed by atoms with Crippen LogP contribution in [0.15, 0.2) is 53.6 Å². The third-order valence-electron chi connectivity index (χ3n) is 3.18.